The molecule has 0 aliphatic rings. The molecule has 0 saturated carbocycles. The van der Waals surface area contributed by atoms with Crippen LogP contribution in [0.1, 0.15) is 5.69 Å². The van der Waals surface area contributed by atoms with Gasteiger partial charge in [0.1, 0.15) is 18.5 Å². The van der Waals surface area contributed by atoms with Gasteiger partial charge in [-0.15, -0.1) is 0 Å². The molecule has 3 aromatic rings. The molecule has 22 heavy (non-hydrogen) atoms. The van der Waals surface area contributed by atoms with Crippen LogP contribution in [0, 0.1) is 6.92 Å². The summed E-state index contributed by atoms with van der Waals surface area (Å²) < 4.78 is 1.63. The molecule has 0 atom stereocenters. The Morgan fingerprint density at radius 1 is 0.909 bits per heavy atom. The van der Waals surface area contributed by atoms with Gasteiger partial charge in [-0.25, -0.2) is 0 Å². The number of nitrogen functional groups attached to an aromatic ring is 1. The molecule has 3 rings (SSSR count). The number of pyridine rings is 1. The topological polar surface area (TPSA) is 63.8 Å². The quantitative estimate of drug-likeness (QED) is 0.456. The second-order valence-corrected chi connectivity index (χ2v) is 4.92. The van der Waals surface area contributed by atoms with Crippen LogP contribution in [0.2, 0.25) is 0 Å². The van der Waals surface area contributed by atoms with Crippen LogP contribution in [-0.2, 0) is 0 Å². The van der Waals surface area contributed by atoms with E-state index in [9.17, 15) is 0 Å². The molecule has 2 aromatic carbocycles. The van der Waals surface area contributed by atoms with Gasteiger partial charge in [0, 0.05) is 29.4 Å². The average Bonchev–Trinajstić information content (AvgIpc) is 2.54. The highest BCUT2D eigenvalue weighted by Gasteiger charge is 2.13. The molecule has 0 aliphatic carbocycles. The van der Waals surface area contributed by atoms with Crippen molar-refractivity contribution in [1.29, 1.82) is 0 Å². The van der Waals surface area contributed by atoms with E-state index in [1.54, 1.807) is 11.8 Å². The van der Waals surface area contributed by atoms with Gasteiger partial charge in [0.05, 0.1) is 5.11 Å². The van der Waals surface area contributed by atoms with Crippen LogP contribution in [0.15, 0.2) is 64.8 Å². The SMILES string of the molecule is CO[n+]1c(C)cccc1N=Nc1ccc(N)c2ccccc12. The van der Waals surface area contributed by atoms with E-state index in [2.05, 4.69) is 10.2 Å². The van der Waals surface area contributed by atoms with E-state index in [1.807, 2.05) is 61.5 Å². The zero-order valence-corrected chi connectivity index (χ0v) is 12.5. The fraction of sp³-hybridized carbons (Fsp3) is 0.118. The van der Waals surface area contributed by atoms with E-state index in [1.165, 1.54) is 0 Å². The number of hydrogen-bond donors (Lipinski definition) is 1. The second kappa shape index (κ2) is 5.81. The lowest BCUT2D eigenvalue weighted by atomic mass is 10.1. The summed E-state index contributed by atoms with van der Waals surface area (Å²) in [5.74, 6) is 0.628. The first-order valence-corrected chi connectivity index (χ1v) is 6.96. The first kappa shape index (κ1) is 14.0. The fourth-order valence-corrected chi connectivity index (χ4v) is 2.40. The van der Waals surface area contributed by atoms with Crippen LogP contribution in [0.5, 0.6) is 0 Å². The Morgan fingerprint density at radius 3 is 2.45 bits per heavy atom. The largest absolute Gasteiger partial charge is 0.398 e. The third-order valence-electron chi connectivity index (χ3n) is 3.49. The third-order valence-corrected chi connectivity index (χ3v) is 3.49. The Bertz CT molecular complexity index is 858. The van der Waals surface area contributed by atoms with Crippen molar-refractivity contribution < 1.29 is 9.57 Å². The maximum absolute atomic E-state index is 6.00. The van der Waals surface area contributed by atoms with Gasteiger partial charge in [0.2, 0.25) is 0 Å². The van der Waals surface area contributed by atoms with Crippen LogP contribution in [0.25, 0.3) is 10.8 Å². The zero-order valence-electron chi connectivity index (χ0n) is 12.5. The smallest absolute Gasteiger partial charge is 0.389 e. The maximum Gasteiger partial charge on any atom is 0.389 e. The van der Waals surface area contributed by atoms with Crippen molar-refractivity contribution in [2.75, 3.05) is 12.8 Å². The van der Waals surface area contributed by atoms with Gasteiger partial charge in [-0.05, 0) is 34.1 Å². The van der Waals surface area contributed by atoms with E-state index in [0.717, 1.165) is 27.8 Å². The van der Waals surface area contributed by atoms with Crippen molar-refractivity contribution in [1.82, 2.24) is 0 Å². The van der Waals surface area contributed by atoms with Gasteiger partial charge < -0.3 is 10.6 Å². The Hall–Kier alpha value is -2.95. The monoisotopic (exact) mass is 293 g/mol. The molecule has 0 amide bonds. The summed E-state index contributed by atoms with van der Waals surface area (Å²) in [4.78, 5) is 5.31. The van der Waals surface area contributed by atoms with Crippen molar-refractivity contribution in [2.24, 2.45) is 10.2 Å². The van der Waals surface area contributed by atoms with Crippen molar-refractivity contribution in [3.8, 4) is 0 Å². The minimum atomic E-state index is 0.628. The maximum atomic E-state index is 6.00. The minimum Gasteiger partial charge on any atom is -0.398 e. The number of rotatable bonds is 3. The van der Waals surface area contributed by atoms with Crippen molar-refractivity contribution in [3.05, 3.63) is 60.3 Å². The number of fused-ring (bicyclic) bond motifs is 1. The van der Waals surface area contributed by atoms with E-state index in [4.69, 9.17) is 10.6 Å². The first-order chi connectivity index (χ1) is 10.7. The highest BCUT2D eigenvalue weighted by Crippen LogP contribution is 2.30. The predicted octanol–water partition coefficient (Wildman–Crippen LogP) is 3.49. The Kier molecular flexibility index (Phi) is 3.70. The lowest BCUT2D eigenvalue weighted by Crippen LogP contribution is -2.43. The standard InChI is InChI=1S/C17H16N4O/c1-12-6-5-9-17(21(12)22-2)20-19-16-11-10-15(18)13-7-3-4-8-14(13)16/h3-11,18H,1-2H3/p+1. The summed E-state index contributed by atoms with van der Waals surface area (Å²) in [5.41, 5.74) is 8.45. The Morgan fingerprint density at radius 2 is 1.68 bits per heavy atom. The summed E-state index contributed by atoms with van der Waals surface area (Å²) in [7, 11) is 1.60. The fourth-order valence-electron chi connectivity index (χ4n) is 2.40. The van der Waals surface area contributed by atoms with Crippen LogP contribution in [0.4, 0.5) is 17.2 Å². The van der Waals surface area contributed by atoms with Crippen molar-refractivity contribution in [3.63, 3.8) is 0 Å². The summed E-state index contributed by atoms with van der Waals surface area (Å²) in [6.07, 6.45) is 0. The van der Waals surface area contributed by atoms with Gasteiger partial charge in [-0.1, -0.05) is 24.3 Å². The number of nitrogens with zero attached hydrogens (tertiary/aromatic N) is 3. The van der Waals surface area contributed by atoms with Gasteiger partial charge >= 0.3 is 5.82 Å². The normalized spacial score (nSPS) is 11.2. The minimum absolute atomic E-state index is 0.628. The zero-order chi connectivity index (χ0) is 15.5. The van der Waals surface area contributed by atoms with E-state index in [-0.39, 0.29) is 0 Å². The van der Waals surface area contributed by atoms with Crippen molar-refractivity contribution >= 4 is 28.0 Å². The molecular weight excluding hydrogens is 276 g/mol. The lowest BCUT2D eigenvalue weighted by molar-refractivity contribution is -0.879. The average molecular weight is 293 g/mol. The molecule has 0 unspecified atom stereocenters. The molecular formula is C17H17N4O+. The number of aromatic nitrogens is 1. The molecule has 5 nitrogen and oxygen atoms in total. The molecule has 1 aromatic heterocycles. The molecule has 110 valence electrons. The summed E-state index contributed by atoms with van der Waals surface area (Å²) in [5, 5.41) is 10.6. The molecule has 0 bridgehead atoms. The molecule has 1 heterocycles. The van der Waals surface area contributed by atoms with Crippen LogP contribution < -0.4 is 15.3 Å². The van der Waals surface area contributed by atoms with Crippen LogP contribution in [0.3, 0.4) is 0 Å². The van der Waals surface area contributed by atoms with Crippen LogP contribution >= 0.6 is 0 Å². The number of aryl methyl sites for hydroxylation is 1. The van der Waals surface area contributed by atoms with Gasteiger partial charge in [0.15, 0.2) is 0 Å². The number of anilines is 1. The van der Waals surface area contributed by atoms with E-state index >= 15 is 0 Å². The highest BCUT2D eigenvalue weighted by molar-refractivity contribution is 5.99. The van der Waals surface area contributed by atoms with Gasteiger partial charge in [0.25, 0.3) is 0 Å². The molecule has 2 N–H and O–H groups in total. The lowest BCUT2D eigenvalue weighted by Gasteiger charge is -2.03. The number of hydrogen-bond acceptors (Lipinski definition) is 4. The summed E-state index contributed by atoms with van der Waals surface area (Å²) >= 11 is 0. The summed E-state index contributed by atoms with van der Waals surface area (Å²) in [6, 6.07) is 17.3. The molecule has 0 spiro atoms. The number of azo groups is 1. The molecule has 0 saturated heterocycles. The van der Waals surface area contributed by atoms with Gasteiger partial charge in [-0.3, -0.25) is 0 Å². The number of benzene rings is 2. The van der Waals surface area contributed by atoms with E-state index in [0.29, 0.717) is 5.82 Å². The first-order valence-electron chi connectivity index (χ1n) is 6.96. The third kappa shape index (κ3) is 2.48. The van der Waals surface area contributed by atoms with Crippen LogP contribution in [-0.4, -0.2) is 7.11 Å². The second-order valence-electron chi connectivity index (χ2n) is 4.92. The Labute approximate surface area is 128 Å². The molecule has 0 radical (unpaired) electrons. The van der Waals surface area contributed by atoms with E-state index < -0.39 is 0 Å². The molecule has 0 aliphatic heterocycles. The Balaban J connectivity index is 2.08. The highest BCUT2D eigenvalue weighted by atomic mass is 16.6. The summed E-state index contributed by atoms with van der Waals surface area (Å²) in [6.45, 7) is 1.95. The number of nitrogens with two attached hydrogens (primary N) is 1. The molecule has 0 fully saturated rings. The van der Waals surface area contributed by atoms with Crippen molar-refractivity contribution in [2.45, 2.75) is 6.92 Å². The molecule has 5 heteroatoms. The predicted molar refractivity (Wildman–Crippen MR) is 86.4 cm³/mol. The van der Waals surface area contributed by atoms with Gasteiger partial charge in [-0.2, -0.15) is 0 Å².